The van der Waals surface area contributed by atoms with Crippen molar-refractivity contribution in [3.05, 3.63) is 34.1 Å². The van der Waals surface area contributed by atoms with Gasteiger partial charge in [-0.2, -0.15) is 5.26 Å². The minimum atomic E-state index is -3.94. The van der Waals surface area contributed by atoms with Crippen LogP contribution in [-0.2, 0) is 26.7 Å². The van der Waals surface area contributed by atoms with Crippen LogP contribution in [0.2, 0.25) is 0 Å². The predicted octanol–water partition coefficient (Wildman–Crippen LogP) is 4.11. The first kappa shape index (κ1) is 23.6. The largest absolute Gasteiger partial charge is 0.598 e. The van der Waals surface area contributed by atoms with Gasteiger partial charge >= 0.3 is 0 Å². The van der Waals surface area contributed by atoms with E-state index in [-0.39, 0.29) is 18.4 Å². The molecular weight excluding hydrogens is 467 g/mol. The second kappa shape index (κ2) is 8.23. The van der Waals surface area contributed by atoms with Crippen molar-refractivity contribution in [2.45, 2.75) is 68.4 Å². The number of hydrogen-bond donors (Lipinski definition) is 1. The molecule has 0 bridgehead atoms. The van der Waals surface area contributed by atoms with E-state index in [0.29, 0.717) is 17.3 Å². The lowest BCUT2D eigenvalue weighted by Gasteiger charge is -2.36. The van der Waals surface area contributed by atoms with Gasteiger partial charge in [-0.05, 0) is 58.7 Å². The van der Waals surface area contributed by atoms with Gasteiger partial charge in [0, 0.05) is 21.4 Å². The van der Waals surface area contributed by atoms with Gasteiger partial charge < -0.3 is 4.55 Å². The fraction of sp³-hybridized carbons (Fsp3) is 0.632. The maximum atomic E-state index is 14.7. The minimum absolute atomic E-state index is 0.0918. The molecule has 28 heavy (non-hydrogen) atoms. The zero-order valence-corrected chi connectivity index (χ0v) is 19.7. The third kappa shape index (κ3) is 4.73. The first-order chi connectivity index (χ1) is 12.8. The van der Waals surface area contributed by atoms with Gasteiger partial charge in [0.05, 0.1) is 11.8 Å². The van der Waals surface area contributed by atoms with E-state index in [0.717, 1.165) is 0 Å². The number of hydrogen-bond acceptors (Lipinski definition) is 5. The van der Waals surface area contributed by atoms with E-state index in [2.05, 4.69) is 20.7 Å². The first-order valence-electron chi connectivity index (χ1n) is 9.05. The molecule has 0 amide bonds. The van der Waals surface area contributed by atoms with Crippen LogP contribution in [0.4, 0.5) is 4.39 Å². The molecular formula is C19H26BrFN2O3S2. The fourth-order valence-corrected chi connectivity index (χ4v) is 7.06. The van der Waals surface area contributed by atoms with Crippen LogP contribution in [0.25, 0.3) is 0 Å². The van der Waals surface area contributed by atoms with Gasteiger partial charge in [-0.3, -0.25) is 0 Å². The molecule has 5 nitrogen and oxygen atoms in total. The van der Waals surface area contributed by atoms with Crippen LogP contribution in [0.1, 0.15) is 58.9 Å². The molecule has 9 heteroatoms. The molecule has 2 atom stereocenters. The van der Waals surface area contributed by atoms with Crippen molar-refractivity contribution in [3.63, 3.8) is 0 Å². The lowest BCUT2D eigenvalue weighted by molar-refractivity contribution is 0.429. The van der Waals surface area contributed by atoms with Gasteiger partial charge in [0.1, 0.15) is 16.1 Å². The van der Waals surface area contributed by atoms with Crippen LogP contribution >= 0.6 is 15.9 Å². The van der Waals surface area contributed by atoms with E-state index in [4.69, 9.17) is 0 Å². The summed E-state index contributed by atoms with van der Waals surface area (Å²) in [6.07, 6.45) is 1.86. The molecule has 1 aliphatic carbocycles. The van der Waals surface area contributed by atoms with Gasteiger partial charge in [0.25, 0.3) is 0 Å². The predicted molar refractivity (Wildman–Crippen MR) is 113 cm³/mol. The summed E-state index contributed by atoms with van der Waals surface area (Å²) in [5.74, 6) is -1.13. The Hall–Kier alpha value is -0.660. The van der Waals surface area contributed by atoms with E-state index in [9.17, 15) is 22.6 Å². The summed E-state index contributed by atoms with van der Waals surface area (Å²) >= 11 is 1.64. The van der Waals surface area contributed by atoms with Gasteiger partial charge in [0.2, 0.25) is 0 Å². The van der Waals surface area contributed by atoms with Crippen molar-refractivity contribution in [1.29, 1.82) is 5.26 Å². The number of rotatable bonds is 6. The van der Waals surface area contributed by atoms with Gasteiger partial charge in [-0.15, -0.1) is 4.72 Å². The standard InChI is InChI=1S/C19H26BrFN2O3S2/c1-17(2,3)27(24)23-18(4,15-11-14(20)7-8-16(15)21)13-28(25,26)19(12-22)9-5-6-10-19/h7-8,11,23H,5-6,9-10,13H2,1-4H3/t18-,27+/m0/s1. The van der Waals surface area contributed by atoms with Gasteiger partial charge in [-0.1, -0.05) is 28.8 Å². The molecule has 1 aromatic rings. The highest BCUT2D eigenvalue weighted by Crippen LogP contribution is 2.40. The van der Waals surface area contributed by atoms with Crippen molar-refractivity contribution in [2.24, 2.45) is 0 Å². The normalized spacial score (nSPS) is 20.4. The molecule has 0 radical (unpaired) electrons. The highest BCUT2D eigenvalue weighted by molar-refractivity contribution is 9.10. The minimum Gasteiger partial charge on any atom is -0.598 e. The highest BCUT2D eigenvalue weighted by atomic mass is 79.9. The quantitative estimate of drug-likeness (QED) is 0.603. The third-order valence-corrected chi connectivity index (χ3v) is 9.98. The molecule has 2 rings (SSSR count). The first-order valence-corrected chi connectivity index (χ1v) is 12.6. The Morgan fingerprint density at radius 2 is 1.89 bits per heavy atom. The summed E-state index contributed by atoms with van der Waals surface area (Å²) in [5, 5.41) is 9.64. The van der Waals surface area contributed by atoms with Gasteiger partial charge in [-0.25, -0.2) is 12.8 Å². The monoisotopic (exact) mass is 492 g/mol. The lowest BCUT2D eigenvalue weighted by Crippen LogP contribution is -2.55. The Morgan fingerprint density at radius 1 is 1.32 bits per heavy atom. The van der Waals surface area contributed by atoms with Crippen molar-refractivity contribution in [1.82, 2.24) is 4.72 Å². The van der Waals surface area contributed by atoms with Crippen molar-refractivity contribution >= 4 is 37.1 Å². The molecule has 0 aromatic heterocycles. The Labute approximate surface area is 178 Å². The average Bonchev–Trinajstić information content (AvgIpc) is 3.06. The molecule has 1 fully saturated rings. The molecule has 1 aliphatic rings. The number of nitriles is 1. The highest BCUT2D eigenvalue weighted by Gasteiger charge is 2.51. The van der Waals surface area contributed by atoms with Crippen LogP contribution in [0.15, 0.2) is 22.7 Å². The maximum Gasteiger partial charge on any atom is 0.171 e. The van der Waals surface area contributed by atoms with E-state index >= 15 is 0 Å². The molecule has 1 saturated carbocycles. The molecule has 0 saturated heterocycles. The number of halogens is 2. The molecule has 0 spiro atoms. The van der Waals surface area contributed by atoms with Crippen molar-refractivity contribution < 1.29 is 17.4 Å². The van der Waals surface area contributed by atoms with Crippen LogP contribution in [0, 0.1) is 17.1 Å². The summed E-state index contributed by atoms with van der Waals surface area (Å²) < 4.78 is 55.4. The van der Waals surface area contributed by atoms with E-state index in [1.54, 1.807) is 20.8 Å². The Balaban J connectivity index is 2.56. The van der Waals surface area contributed by atoms with E-state index < -0.39 is 47.8 Å². The van der Waals surface area contributed by atoms with E-state index in [1.165, 1.54) is 25.1 Å². The second-order valence-corrected chi connectivity index (χ2v) is 13.7. The van der Waals surface area contributed by atoms with Crippen molar-refractivity contribution in [2.75, 3.05) is 5.75 Å². The smallest absolute Gasteiger partial charge is 0.171 e. The van der Waals surface area contributed by atoms with Crippen LogP contribution in [0.3, 0.4) is 0 Å². The molecule has 0 heterocycles. The summed E-state index contributed by atoms with van der Waals surface area (Å²) in [4.78, 5) is 0. The molecule has 1 N–H and O–H groups in total. The number of nitrogens with zero attached hydrogens (tertiary/aromatic N) is 1. The summed E-state index contributed by atoms with van der Waals surface area (Å²) in [7, 11) is -3.94. The summed E-state index contributed by atoms with van der Waals surface area (Å²) in [6.45, 7) is 6.77. The fourth-order valence-electron chi connectivity index (χ4n) is 3.40. The van der Waals surface area contributed by atoms with Crippen molar-refractivity contribution in [3.8, 4) is 6.07 Å². The maximum absolute atomic E-state index is 14.7. The zero-order chi connectivity index (χ0) is 21.4. The summed E-state index contributed by atoms with van der Waals surface area (Å²) in [5.41, 5.74) is -1.38. The lowest BCUT2D eigenvalue weighted by atomic mass is 9.95. The number of nitrogens with one attached hydrogen (secondary N) is 1. The topological polar surface area (TPSA) is 93.0 Å². The molecule has 0 aliphatic heterocycles. The van der Waals surface area contributed by atoms with E-state index in [1.807, 2.05) is 6.07 Å². The Morgan fingerprint density at radius 3 is 2.39 bits per heavy atom. The SMILES string of the molecule is CC(C)(C)[S@@+]([O-])N[C@@](C)(CS(=O)(=O)C1(C#N)CCCC1)c1cc(Br)ccc1F. The molecule has 156 valence electrons. The third-order valence-electron chi connectivity index (χ3n) is 5.09. The second-order valence-electron chi connectivity index (χ2n) is 8.51. The van der Waals surface area contributed by atoms with Crippen LogP contribution in [0.5, 0.6) is 0 Å². The number of benzene rings is 1. The molecule has 1 aromatic carbocycles. The molecule has 0 unspecified atom stereocenters. The average molecular weight is 493 g/mol. The zero-order valence-electron chi connectivity index (χ0n) is 16.5. The Kier molecular flexibility index (Phi) is 6.94. The van der Waals surface area contributed by atoms with Gasteiger partial charge in [0.15, 0.2) is 14.6 Å². The number of sulfone groups is 1. The Bertz CT molecular complexity index is 874. The van der Waals surface area contributed by atoms with Crippen LogP contribution < -0.4 is 4.72 Å². The van der Waals surface area contributed by atoms with Crippen LogP contribution in [-0.4, -0.2) is 28.2 Å². The summed E-state index contributed by atoms with van der Waals surface area (Å²) in [6, 6.07) is 6.25.